The summed E-state index contributed by atoms with van der Waals surface area (Å²) in [5.74, 6) is -6.95. The molecule has 1 heterocycles. The van der Waals surface area contributed by atoms with Gasteiger partial charge >= 0.3 is 5.97 Å². The summed E-state index contributed by atoms with van der Waals surface area (Å²) in [7, 11) is 0. The van der Waals surface area contributed by atoms with Gasteiger partial charge in [0.2, 0.25) is 35.4 Å². The summed E-state index contributed by atoms with van der Waals surface area (Å²) in [5, 5.41) is 62.7. The van der Waals surface area contributed by atoms with E-state index in [1.54, 1.807) is 13.8 Å². The number of carboxylic acids is 1. The molecule has 22 nitrogen and oxygen atoms in total. The van der Waals surface area contributed by atoms with Crippen LogP contribution >= 0.6 is 0 Å². The summed E-state index contributed by atoms with van der Waals surface area (Å²) < 4.78 is 0. The molecule has 22 heteroatoms. The Morgan fingerprint density at radius 1 is 0.681 bits per heavy atom. The van der Waals surface area contributed by atoms with Gasteiger partial charge in [0, 0.05) is 32.4 Å². The number of carbonyl (C=O) groups is 7. The summed E-state index contributed by atoms with van der Waals surface area (Å²) in [6, 6.07) is 8.23. The predicted molar refractivity (Wildman–Crippen MR) is 252 cm³/mol. The van der Waals surface area contributed by atoms with Crippen molar-refractivity contribution in [3.8, 4) is 17.2 Å². The third-order valence-electron chi connectivity index (χ3n) is 11.7. The molecular weight excluding hydrogens is 897 g/mol. The molecule has 0 unspecified atom stereocenters. The van der Waals surface area contributed by atoms with E-state index in [9.17, 15) is 59.1 Å². The number of guanidine groups is 1. The Morgan fingerprint density at radius 2 is 1.16 bits per heavy atom. The normalized spacial score (nSPS) is 16.3. The van der Waals surface area contributed by atoms with Crippen LogP contribution in [0.15, 0.2) is 77.8 Å². The quantitative estimate of drug-likeness (QED) is 0.0268. The van der Waals surface area contributed by atoms with Crippen LogP contribution in [0.4, 0.5) is 0 Å². The van der Waals surface area contributed by atoms with Gasteiger partial charge in [0.15, 0.2) is 5.96 Å². The lowest BCUT2D eigenvalue weighted by Gasteiger charge is -2.31. The van der Waals surface area contributed by atoms with Crippen molar-refractivity contribution < 1.29 is 59.1 Å². The predicted octanol–water partition coefficient (Wildman–Crippen LogP) is -1.25. The zero-order valence-electron chi connectivity index (χ0n) is 38.5. The van der Waals surface area contributed by atoms with Crippen molar-refractivity contribution >= 4 is 47.4 Å². The number of nitrogens with zero attached hydrogens (tertiary/aromatic N) is 2. The van der Waals surface area contributed by atoms with Crippen LogP contribution in [-0.4, -0.2) is 140 Å². The fraction of sp³-hybridized carbons (Fsp3) is 0.447. The van der Waals surface area contributed by atoms with Gasteiger partial charge in [-0.15, -0.1) is 0 Å². The smallest absolute Gasteiger partial charge is 0.326 e. The number of benzene rings is 3. The van der Waals surface area contributed by atoms with Gasteiger partial charge in [-0.25, -0.2) is 4.79 Å². The lowest BCUT2D eigenvalue weighted by atomic mass is 9.96. The van der Waals surface area contributed by atoms with Crippen molar-refractivity contribution in [1.82, 2.24) is 31.5 Å². The Hall–Kier alpha value is -7.46. The van der Waals surface area contributed by atoms with E-state index in [0.29, 0.717) is 36.0 Å². The molecule has 1 saturated heterocycles. The highest BCUT2D eigenvalue weighted by molar-refractivity contribution is 5.97. The first-order valence-corrected chi connectivity index (χ1v) is 22.6. The van der Waals surface area contributed by atoms with Gasteiger partial charge in [-0.2, -0.15) is 0 Å². The lowest BCUT2D eigenvalue weighted by molar-refractivity contribution is -0.145. The number of aromatic hydroxyl groups is 3. The Kier molecular flexibility index (Phi) is 20.5. The van der Waals surface area contributed by atoms with Crippen molar-refractivity contribution in [3.63, 3.8) is 0 Å². The molecule has 6 amide bonds. The Morgan fingerprint density at radius 3 is 1.65 bits per heavy atom. The zero-order valence-corrected chi connectivity index (χ0v) is 38.5. The highest BCUT2D eigenvalue weighted by atomic mass is 16.4. The SMILES string of the molecule is CC[C@H](C)[C@H](NC(=O)[C@H](CO)NC(=O)[C@@H](N)CCCN=C(N)N)C(=O)N[C@@H](Cc1ccc(O)cc1)C(=O)N[C@@H](Cc1ccc(O)cc1)C(=O)N1CCC[C@H]1C(=O)N[C@@H](Cc1ccc(O)cc1)C(=O)O. The van der Waals surface area contributed by atoms with Gasteiger partial charge in [0.05, 0.1) is 12.6 Å². The van der Waals surface area contributed by atoms with Gasteiger partial charge < -0.3 is 74.2 Å². The minimum absolute atomic E-state index is 0.0238. The molecule has 0 spiro atoms. The molecule has 0 radical (unpaired) electrons. The highest BCUT2D eigenvalue weighted by Crippen LogP contribution is 2.22. The number of aliphatic hydroxyl groups is 1. The average molecular weight is 961 g/mol. The third-order valence-corrected chi connectivity index (χ3v) is 11.7. The third kappa shape index (κ3) is 16.7. The van der Waals surface area contributed by atoms with E-state index in [-0.39, 0.29) is 68.4 Å². The van der Waals surface area contributed by atoms with Crippen LogP contribution in [0.1, 0.15) is 62.6 Å². The Labute approximate surface area is 399 Å². The van der Waals surface area contributed by atoms with Crippen LogP contribution in [0.3, 0.4) is 0 Å². The molecule has 4 rings (SSSR count). The summed E-state index contributed by atoms with van der Waals surface area (Å²) in [6.07, 6.45) is 0.954. The molecule has 69 heavy (non-hydrogen) atoms. The molecule has 1 fully saturated rings. The van der Waals surface area contributed by atoms with Crippen LogP contribution < -0.4 is 43.8 Å². The summed E-state index contributed by atoms with van der Waals surface area (Å²) in [5.41, 5.74) is 18.2. The fourth-order valence-electron chi connectivity index (χ4n) is 7.60. The Balaban J connectivity index is 1.59. The van der Waals surface area contributed by atoms with E-state index < -0.39 is 96.2 Å². The number of aliphatic carboxylic acids is 1. The van der Waals surface area contributed by atoms with Crippen molar-refractivity contribution in [2.75, 3.05) is 19.7 Å². The molecule has 8 atom stereocenters. The number of hydrogen-bond donors (Lipinski definition) is 13. The first-order chi connectivity index (χ1) is 32.8. The first kappa shape index (κ1) is 54.1. The number of nitrogens with two attached hydrogens (primary N) is 3. The van der Waals surface area contributed by atoms with E-state index in [2.05, 4.69) is 31.6 Å². The number of carboxylic acid groups (broad SMARTS) is 1. The molecule has 16 N–H and O–H groups in total. The Bertz CT molecular complexity index is 2260. The second-order valence-corrected chi connectivity index (χ2v) is 17.0. The number of amides is 6. The van der Waals surface area contributed by atoms with Crippen LogP contribution in [0.2, 0.25) is 0 Å². The molecule has 0 saturated carbocycles. The second kappa shape index (κ2) is 26.2. The monoisotopic (exact) mass is 960 g/mol. The van der Waals surface area contributed by atoms with Crippen molar-refractivity contribution in [2.45, 2.75) is 108 Å². The maximum absolute atomic E-state index is 14.6. The minimum atomic E-state index is -1.52. The minimum Gasteiger partial charge on any atom is -0.508 e. The van der Waals surface area contributed by atoms with E-state index in [1.165, 1.54) is 77.7 Å². The molecule has 0 aliphatic carbocycles. The highest BCUT2D eigenvalue weighted by Gasteiger charge is 2.40. The van der Waals surface area contributed by atoms with Gasteiger partial charge in [-0.1, -0.05) is 56.7 Å². The van der Waals surface area contributed by atoms with Crippen LogP contribution in [0, 0.1) is 5.92 Å². The van der Waals surface area contributed by atoms with Crippen molar-refractivity contribution in [2.24, 2.45) is 28.1 Å². The molecule has 0 bridgehead atoms. The topological polar surface area (TPSA) is 374 Å². The number of carbonyl (C=O) groups excluding carboxylic acids is 6. The molecule has 1 aliphatic rings. The molecule has 3 aromatic rings. The summed E-state index contributed by atoms with van der Waals surface area (Å²) in [4.78, 5) is 101. The van der Waals surface area contributed by atoms with E-state index in [0.717, 1.165) is 0 Å². The maximum Gasteiger partial charge on any atom is 0.326 e. The van der Waals surface area contributed by atoms with Gasteiger partial charge in [0.1, 0.15) is 53.5 Å². The second-order valence-electron chi connectivity index (χ2n) is 17.0. The standard InChI is InChI=1S/C47H64N10O12/c1-3-26(2)39(56-42(64)37(25-58)55-40(62)33(48)6-4-20-51-47(49)50)44(66)52-34(22-27-8-14-30(59)15-9-27)41(63)53-35(23-28-10-16-31(60)17-11-28)45(67)57-21-5-7-38(57)43(65)54-36(46(68)69)24-29-12-18-32(61)19-13-29/h8-19,26,33-39,58-61H,3-7,20-25,48H2,1-2H3,(H,52,66)(H,53,63)(H,54,65)(H,55,62)(H,56,64)(H,68,69)(H4,49,50,51)/t26-,33-,34-,35-,36-,37-,38-,39-/m0/s1. The molecule has 1 aliphatic heterocycles. The van der Waals surface area contributed by atoms with Crippen molar-refractivity contribution in [1.29, 1.82) is 0 Å². The van der Waals surface area contributed by atoms with E-state index >= 15 is 0 Å². The number of nitrogens with one attached hydrogen (secondary N) is 5. The largest absolute Gasteiger partial charge is 0.508 e. The molecular formula is C47H64N10O12. The molecule has 3 aromatic carbocycles. The number of phenols is 3. The first-order valence-electron chi connectivity index (χ1n) is 22.6. The van der Waals surface area contributed by atoms with E-state index in [4.69, 9.17) is 17.2 Å². The van der Waals surface area contributed by atoms with Crippen LogP contribution in [0.25, 0.3) is 0 Å². The molecule has 0 aromatic heterocycles. The van der Waals surface area contributed by atoms with Crippen LogP contribution in [0.5, 0.6) is 17.2 Å². The average Bonchev–Trinajstić information content (AvgIpc) is 3.82. The van der Waals surface area contributed by atoms with Crippen LogP contribution in [-0.2, 0) is 52.8 Å². The number of aliphatic hydroxyl groups excluding tert-OH is 1. The zero-order chi connectivity index (χ0) is 50.8. The number of likely N-dealkylation sites (tertiary alicyclic amines) is 1. The van der Waals surface area contributed by atoms with Gasteiger partial charge in [-0.3, -0.25) is 33.8 Å². The van der Waals surface area contributed by atoms with Gasteiger partial charge in [0.25, 0.3) is 0 Å². The number of hydrogen-bond acceptors (Lipinski definition) is 13. The summed E-state index contributed by atoms with van der Waals surface area (Å²) >= 11 is 0. The maximum atomic E-state index is 14.6. The lowest BCUT2D eigenvalue weighted by Crippen LogP contribution is -2.61. The van der Waals surface area contributed by atoms with E-state index in [1.807, 2.05) is 0 Å². The number of phenolic OH excluding ortho intramolecular Hbond substituents is 3. The van der Waals surface area contributed by atoms with Crippen molar-refractivity contribution in [3.05, 3.63) is 89.5 Å². The van der Waals surface area contributed by atoms with Gasteiger partial charge in [-0.05, 0) is 84.7 Å². The fourth-order valence-corrected chi connectivity index (χ4v) is 7.60. The number of aliphatic imine (C=N–C) groups is 1. The molecule has 374 valence electrons. The number of rotatable bonds is 25. The summed E-state index contributed by atoms with van der Waals surface area (Å²) in [6.45, 7) is 2.86.